The van der Waals surface area contributed by atoms with Crippen LogP contribution >= 0.6 is 0 Å². The van der Waals surface area contributed by atoms with Gasteiger partial charge in [0.05, 0.1) is 6.61 Å². The average molecular weight is 245 g/mol. The summed E-state index contributed by atoms with van der Waals surface area (Å²) in [6.07, 6.45) is 5.71. The second-order valence-corrected chi connectivity index (χ2v) is 4.33. The molecule has 0 radical (unpaired) electrons. The molecule has 0 atom stereocenters. The number of benzene rings is 1. The van der Waals surface area contributed by atoms with Crippen molar-refractivity contribution < 1.29 is 9.53 Å². The third-order valence-electron chi connectivity index (χ3n) is 3.07. The fourth-order valence-electron chi connectivity index (χ4n) is 2.27. The van der Waals surface area contributed by atoms with Crippen LogP contribution in [0.15, 0.2) is 36.4 Å². The number of carbonyl (C=O) groups is 1. The lowest BCUT2D eigenvalue weighted by atomic mass is 10.0. The van der Waals surface area contributed by atoms with Crippen molar-refractivity contribution in [3.8, 4) is 0 Å². The monoisotopic (exact) mass is 245 g/mol. The van der Waals surface area contributed by atoms with Crippen molar-refractivity contribution >= 4 is 11.7 Å². The maximum absolute atomic E-state index is 11.2. The summed E-state index contributed by atoms with van der Waals surface area (Å²) < 4.78 is 4.86. The van der Waals surface area contributed by atoms with Crippen LogP contribution in [-0.2, 0) is 16.0 Å². The van der Waals surface area contributed by atoms with Crippen LogP contribution < -0.4 is 4.90 Å². The quantitative estimate of drug-likeness (QED) is 0.603. The molecular formula is C15H19NO2. The van der Waals surface area contributed by atoms with Gasteiger partial charge < -0.3 is 9.64 Å². The molecule has 1 aromatic rings. The van der Waals surface area contributed by atoms with Gasteiger partial charge in [0.2, 0.25) is 0 Å². The van der Waals surface area contributed by atoms with Crippen molar-refractivity contribution in [3.63, 3.8) is 0 Å². The third kappa shape index (κ3) is 3.13. The van der Waals surface area contributed by atoms with Crippen molar-refractivity contribution in [2.24, 2.45) is 0 Å². The lowest BCUT2D eigenvalue weighted by Crippen LogP contribution is -2.29. The van der Waals surface area contributed by atoms with Gasteiger partial charge in [0.25, 0.3) is 0 Å². The Balaban J connectivity index is 1.97. The van der Waals surface area contributed by atoms with E-state index in [1.807, 2.05) is 13.0 Å². The summed E-state index contributed by atoms with van der Waals surface area (Å²) in [5, 5.41) is 0. The zero-order chi connectivity index (χ0) is 12.8. The number of rotatable bonds is 4. The Morgan fingerprint density at radius 1 is 1.44 bits per heavy atom. The van der Waals surface area contributed by atoms with Gasteiger partial charge in [-0.15, -0.1) is 0 Å². The minimum atomic E-state index is -0.261. The highest BCUT2D eigenvalue weighted by molar-refractivity contribution is 5.82. The summed E-state index contributed by atoms with van der Waals surface area (Å²) in [4.78, 5) is 13.5. The largest absolute Gasteiger partial charge is 0.463 e. The molecule has 1 aromatic carbocycles. The number of hydrogen-bond acceptors (Lipinski definition) is 3. The first-order chi connectivity index (χ1) is 8.81. The van der Waals surface area contributed by atoms with E-state index < -0.39 is 0 Å². The molecule has 1 heterocycles. The zero-order valence-electron chi connectivity index (χ0n) is 10.8. The van der Waals surface area contributed by atoms with Crippen LogP contribution in [0.25, 0.3) is 0 Å². The maximum atomic E-state index is 11.2. The number of carbonyl (C=O) groups excluding carboxylic acids is 1. The molecule has 0 unspecified atom stereocenters. The molecule has 96 valence electrons. The smallest absolute Gasteiger partial charge is 0.330 e. The minimum absolute atomic E-state index is 0.261. The number of anilines is 1. The van der Waals surface area contributed by atoms with Crippen LogP contribution in [0.4, 0.5) is 5.69 Å². The van der Waals surface area contributed by atoms with Gasteiger partial charge in [-0.1, -0.05) is 24.3 Å². The van der Waals surface area contributed by atoms with Crippen molar-refractivity contribution in [2.45, 2.75) is 19.8 Å². The van der Waals surface area contributed by atoms with E-state index in [2.05, 4.69) is 29.2 Å². The molecule has 3 heteroatoms. The molecule has 2 rings (SSSR count). The Kier molecular flexibility index (Phi) is 4.40. The normalized spacial score (nSPS) is 14.6. The molecule has 0 spiro atoms. The molecule has 0 aliphatic carbocycles. The topological polar surface area (TPSA) is 29.5 Å². The Morgan fingerprint density at radius 3 is 3.11 bits per heavy atom. The van der Waals surface area contributed by atoms with Crippen molar-refractivity contribution in [1.82, 2.24) is 0 Å². The Bertz CT molecular complexity index is 440. The fourth-order valence-corrected chi connectivity index (χ4v) is 2.27. The molecule has 0 saturated carbocycles. The molecular weight excluding hydrogens is 226 g/mol. The van der Waals surface area contributed by atoms with Crippen LogP contribution in [-0.4, -0.2) is 25.7 Å². The highest BCUT2D eigenvalue weighted by Gasteiger charge is 2.14. The second-order valence-electron chi connectivity index (χ2n) is 4.33. The Labute approximate surface area is 108 Å². The van der Waals surface area contributed by atoms with Crippen molar-refractivity contribution in [1.29, 1.82) is 0 Å². The number of esters is 1. The van der Waals surface area contributed by atoms with Crippen LogP contribution in [0.3, 0.4) is 0 Å². The summed E-state index contributed by atoms with van der Waals surface area (Å²) >= 11 is 0. The van der Waals surface area contributed by atoms with Gasteiger partial charge in [0.1, 0.15) is 0 Å². The number of nitrogens with zero attached hydrogens (tertiary/aromatic N) is 1. The standard InChI is InChI=1S/C15H19NO2/c1-2-18-15(17)10-6-12-16-11-5-8-13-7-3-4-9-14(13)16/h3-4,6-7,9-10H,2,5,8,11-12H2,1H3/b10-6+. The number of para-hydroxylation sites is 1. The SMILES string of the molecule is CCOC(=O)/C=C/CN1CCCc2ccccc21. The molecule has 1 aliphatic rings. The summed E-state index contributed by atoms with van der Waals surface area (Å²) in [5.41, 5.74) is 2.69. The summed E-state index contributed by atoms with van der Waals surface area (Å²) in [6.45, 7) is 4.04. The van der Waals surface area contributed by atoms with E-state index >= 15 is 0 Å². The van der Waals surface area contributed by atoms with Gasteiger partial charge in [-0.3, -0.25) is 0 Å². The Hall–Kier alpha value is -1.77. The first-order valence-corrected chi connectivity index (χ1v) is 6.47. The fraction of sp³-hybridized carbons (Fsp3) is 0.400. The molecule has 3 nitrogen and oxygen atoms in total. The van der Waals surface area contributed by atoms with Crippen LogP contribution in [0, 0.1) is 0 Å². The maximum Gasteiger partial charge on any atom is 0.330 e. The molecule has 0 N–H and O–H groups in total. The van der Waals surface area contributed by atoms with E-state index in [0.29, 0.717) is 6.61 Å². The third-order valence-corrected chi connectivity index (χ3v) is 3.07. The van der Waals surface area contributed by atoms with Crippen LogP contribution in [0.1, 0.15) is 18.9 Å². The molecule has 0 amide bonds. The van der Waals surface area contributed by atoms with Gasteiger partial charge in [0.15, 0.2) is 0 Å². The summed E-state index contributed by atoms with van der Waals surface area (Å²) in [7, 11) is 0. The summed E-state index contributed by atoms with van der Waals surface area (Å²) in [5.74, 6) is -0.261. The van der Waals surface area contributed by atoms with E-state index in [1.165, 1.54) is 23.7 Å². The van der Waals surface area contributed by atoms with E-state index in [4.69, 9.17) is 4.74 Å². The van der Waals surface area contributed by atoms with Gasteiger partial charge >= 0.3 is 5.97 Å². The number of ether oxygens (including phenoxy) is 1. The summed E-state index contributed by atoms with van der Waals surface area (Å²) in [6, 6.07) is 8.46. The molecule has 0 aromatic heterocycles. The van der Waals surface area contributed by atoms with Crippen molar-refractivity contribution in [3.05, 3.63) is 42.0 Å². The highest BCUT2D eigenvalue weighted by Crippen LogP contribution is 2.26. The predicted octanol–water partition coefficient (Wildman–Crippen LogP) is 2.56. The van der Waals surface area contributed by atoms with E-state index in [9.17, 15) is 4.79 Å². The highest BCUT2D eigenvalue weighted by atomic mass is 16.5. The van der Waals surface area contributed by atoms with Gasteiger partial charge in [0, 0.05) is 24.9 Å². The number of hydrogen-bond donors (Lipinski definition) is 0. The van der Waals surface area contributed by atoms with Crippen molar-refractivity contribution in [2.75, 3.05) is 24.6 Å². The van der Waals surface area contributed by atoms with E-state index in [1.54, 1.807) is 0 Å². The minimum Gasteiger partial charge on any atom is -0.463 e. The Morgan fingerprint density at radius 2 is 2.28 bits per heavy atom. The lowest BCUT2D eigenvalue weighted by Gasteiger charge is -2.30. The second kappa shape index (κ2) is 6.24. The number of fused-ring (bicyclic) bond motifs is 1. The number of aryl methyl sites for hydroxylation is 1. The predicted molar refractivity (Wildman–Crippen MR) is 72.7 cm³/mol. The lowest BCUT2D eigenvalue weighted by molar-refractivity contribution is -0.137. The van der Waals surface area contributed by atoms with Crippen LogP contribution in [0.2, 0.25) is 0 Å². The molecule has 0 saturated heterocycles. The average Bonchev–Trinajstić information content (AvgIpc) is 2.39. The first kappa shape index (κ1) is 12.7. The molecule has 0 bridgehead atoms. The van der Waals surface area contributed by atoms with Gasteiger partial charge in [-0.05, 0) is 31.4 Å². The molecule has 1 aliphatic heterocycles. The zero-order valence-corrected chi connectivity index (χ0v) is 10.8. The molecule has 0 fully saturated rings. The first-order valence-electron chi connectivity index (χ1n) is 6.47. The van der Waals surface area contributed by atoms with Crippen LogP contribution in [0.5, 0.6) is 0 Å². The van der Waals surface area contributed by atoms with E-state index in [0.717, 1.165) is 19.5 Å². The van der Waals surface area contributed by atoms with Gasteiger partial charge in [-0.2, -0.15) is 0 Å². The van der Waals surface area contributed by atoms with E-state index in [-0.39, 0.29) is 5.97 Å². The molecule has 18 heavy (non-hydrogen) atoms. The van der Waals surface area contributed by atoms with Gasteiger partial charge in [-0.25, -0.2) is 4.79 Å².